The number of thiazole rings is 1. The molecule has 1 N–H and O–H groups in total. The molecule has 1 saturated carbocycles. The van der Waals surface area contributed by atoms with Crippen molar-refractivity contribution in [2.75, 3.05) is 18.4 Å². The van der Waals surface area contributed by atoms with E-state index in [1.54, 1.807) is 0 Å². The van der Waals surface area contributed by atoms with Gasteiger partial charge in [0.05, 0.1) is 11.6 Å². The van der Waals surface area contributed by atoms with E-state index in [0.717, 1.165) is 12.2 Å². The minimum atomic E-state index is -0.242. The Morgan fingerprint density at radius 3 is 2.77 bits per heavy atom. The minimum Gasteiger partial charge on any atom is -0.342 e. The summed E-state index contributed by atoms with van der Waals surface area (Å²) in [5.41, 5.74) is 0.954. The van der Waals surface area contributed by atoms with Crippen LogP contribution in [0.3, 0.4) is 0 Å². The van der Waals surface area contributed by atoms with Crippen molar-refractivity contribution in [3.63, 3.8) is 0 Å². The number of aromatic nitrogens is 1. The number of anilines is 1. The Labute approximate surface area is 135 Å². The second kappa shape index (κ2) is 5.65. The van der Waals surface area contributed by atoms with Crippen LogP contribution in [0.2, 0.25) is 0 Å². The standard InChI is InChI=1S/C16H23N3O2S/c1-16(2,3)12-9-22-15(17-12)18-14(21)11-6-13(20)19(8-11)7-10-4-5-10/h9-11H,4-8H2,1-3H3,(H,17,18,21)/t11-/m0/s1. The summed E-state index contributed by atoms with van der Waals surface area (Å²) in [5.74, 6) is 0.454. The maximum Gasteiger partial charge on any atom is 0.231 e. The number of carbonyl (C=O) groups excluding carboxylic acids is 2. The second-order valence-electron chi connectivity index (χ2n) is 7.42. The predicted molar refractivity (Wildman–Crippen MR) is 86.9 cm³/mol. The first-order valence-electron chi connectivity index (χ1n) is 7.87. The maximum absolute atomic E-state index is 12.3. The number of rotatable bonds is 4. The van der Waals surface area contributed by atoms with Gasteiger partial charge in [-0.05, 0) is 18.8 Å². The van der Waals surface area contributed by atoms with Crippen LogP contribution in [-0.4, -0.2) is 34.8 Å². The number of carbonyl (C=O) groups is 2. The zero-order valence-electron chi connectivity index (χ0n) is 13.4. The highest BCUT2D eigenvalue weighted by Gasteiger charge is 2.37. The van der Waals surface area contributed by atoms with Gasteiger partial charge in [0.25, 0.3) is 0 Å². The fourth-order valence-corrected chi connectivity index (χ4v) is 3.56. The first-order valence-corrected chi connectivity index (χ1v) is 8.75. The van der Waals surface area contributed by atoms with Crippen molar-refractivity contribution >= 4 is 28.3 Å². The van der Waals surface area contributed by atoms with Gasteiger partial charge in [0.15, 0.2) is 5.13 Å². The van der Waals surface area contributed by atoms with Gasteiger partial charge in [0.1, 0.15) is 0 Å². The van der Waals surface area contributed by atoms with Crippen molar-refractivity contribution in [3.8, 4) is 0 Å². The minimum absolute atomic E-state index is 0.0239. The molecule has 2 fully saturated rings. The normalized spacial score (nSPS) is 22.2. The Kier molecular flexibility index (Phi) is 3.97. The molecular weight excluding hydrogens is 298 g/mol. The van der Waals surface area contributed by atoms with Crippen molar-refractivity contribution < 1.29 is 9.59 Å². The Bertz CT molecular complexity index is 586. The molecule has 1 aliphatic carbocycles. The van der Waals surface area contributed by atoms with Crippen LogP contribution in [0, 0.1) is 11.8 Å². The molecule has 1 aromatic rings. The van der Waals surface area contributed by atoms with Crippen LogP contribution < -0.4 is 5.32 Å². The number of likely N-dealkylation sites (tertiary alicyclic amines) is 1. The molecule has 0 bridgehead atoms. The maximum atomic E-state index is 12.3. The Morgan fingerprint density at radius 1 is 1.45 bits per heavy atom. The summed E-state index contributed by atoms with van der Waals surface area (Å²) in [6.45, 7) is 7.67. The quantitative estimate of drug-likeness (QED) is 0.927. The molecule has 5 nitrogen and oxygen atoms in total. The van der Waals surface area contributed by atoms with E-state index in [1.165, 1.54) is 24.2 Å². The first kappa shape index (κ1) is 15.5. The van der Waals surface area contributed by atoms with Crippen LogP contribution in [0.4, 0.5) is 5.13 Å². The van der Waals surface area contributed by atoms with Gasteiger partial charge in [-0.15, -0.1) is 11.3 Å². The van der Waals surface area contributed by atoms with E-state index >= 15 is 0 Å². The number of hydrogen-bond donors (Lipinski definition) is 1. The summed E-state index contributed by atoms with van der Waals surface area (Å²) in [4.78, 5) is 30.6. The first-order chi connectivity index (χ1) is 10.3. The molecule has 22 heavy (non-hydrogen) atoms. The van der Waals surface area contributed by atoms with Crippen LogP contribution in [0.5, 0.6) is 0 Å². The van der Waals surface area contributed by atoms with Crippen LogP contribution in [0.1, 0.15) is 45.7 Å². The molecule has 0 radical (unpaired) electrons. The molecule has 6 heteroatoms. The lowest BCUT2D eigenvalue weighted by atomic mass is 9.93. The molecule has 0 aromatic carbocycles. The van der Waals surface area contributed by atoms with E-state index in [0.29, 0.717) is 24.0 Å². The summed E-state index contributed by atoms with van der Waals surface area (Å²) >= 11 is 1.44. The Hall–Kier alpha value is -1.43. The van der Waals surface area contributed by atoms with Crippen molar-refractivity contribution in [2.24, 2.45) is 11.8 Å². The van der Waals surface area contributed by atoms with Gasteiger partial charge >= 0.3 is 0 Å². The monoisotopic (exact) mass is 321 g/mol. The lowest BCUT2D eigenvalue weighted by Gasteiger charge is -2.16. The molecular formula is C16H23N3O2S. The highest BCUT2D eigenvalue weighted by molar-refractivity contribution is 7.13. The SMILES string of the molecule is CC(C)(C)c1csc(NC(=O)[C@H]2CC(=O)N(CC3CC3)C2)n1. The fraction of sp³-hybridized carbons (Fsp3) is 0.688. The average Bonchev–Trinajstić information content (AvgIpc) is 2.96. The van der Waals surface area contributed by atoms with Crippen LogP contribution in [-0.2, 0) is 15.0 Å². The molecule has 2 aliphatic rings. The van der Waals surface area contributed by atoms with E-state index < -0.39 is 0 Å². The predicted octanol–water partition coefficient (Wildman–Crippen LogP) is 2.64. The van der Waals surface area contributed by atoms with Gasteiger partial charge < -0.3 is 10.2 Å². The van der Waals surface area contributed by atoms with Gasteiger partial charge in [-0.1, -0.05) is 20.8 Å². The number of hydrogen-bond acceptors (Lipinski definition) is 4. The molecule has 0 unspecified atom stereocenters. The van der Waals surface area contributed by atoms with Gasteiger partial charge in [-0.2, -0.15) is 0 Å². The third kappa shape index (κ3) is 3.48. The fourth-order valence-electron chi connectivity index (χ4n) is 2.62. The molecule has 1 atom stereocenters. The van der Waals surface area contributed by atoms with Crippen LogP contribution >= 0.6 is 11.3 Å². The van der Waals surface area contributed by atoms with E-state index in [1.807, 2.05) is 10.3 Å². The largest absolute Gasteiger partial charge is 0.342 e. The van der Waals surface area contributed by atoms with E-state index in [-0.39, 0.29) is 23.1 Å². The molecule has 1 saturated heterocycles. The lowest BCUT2D eigenvalue weighted by Crippen LogP contribution is -2.29. The van der Waals surface area contributed by atoms with E-state index in [4.69, 9.17) is 0 Å². The van der Waals surface area contributed by atoms with Gasteiger partial charge in [-0.25, -0.2) is 4.98 Å². The number of amides is 2. The Morgan fingerprint density at radius 2 is 2.18 bits per heavy atom. The number of nitrogens with one attached hydrogen (secondary N) is 1. The lowest BCUT2D eigenvalue weighted by molar-refractivity contribution is -0.128. The Balaban J connectivity index is 1.58. The smallest absolute Gasteiger partial charge is 0.231 e. The average molecular weight is 321 g/mol. The summed E-state index contributed by atoms with van der Waals surface area (Å²) in [5, 5.41) is 5.48. The van der Waals surface area contributed by atoms with Crippen LogP contribution in [0.25, 0.3) is 0 Å². The van der Waals surface area contributed by atoms with Crippen molar-refractivity contribution in [3.05, 3.63) is 11.1 Å². The van der Waals surface area contributed by atoms with Crippen molar-refractivity contribution in [1.82, 2.24) is 9.88 Å². The third-order valence-corrected chi connectivity index (χ3v) is 5.02. The van der Waals surface area contributed by atoms with E-state index in [9.17, 15) is 9.59 Å². The van der Waals surface area contributed by atoms with Gasteiger partial charge in [0, 0.05) is 30.3 Å². The highest BCUT2D eigenvalue weighted by Crippen LogP contribution is 2.32. The molecule has 3 rings (SSSR count). The van der Waals surface area contributed by atoms with Crippen molar-refractivity contribution in [1.29, 1.82) is 0 Å². The topological polar surface area (TPSA) is 62.3 Å². The van der Waals surface area contributed by atoms with Crippen LogP contribution in [0.15, 0.2) is 5.38 Å². The summed E-state index contributed by atoms with van der Waals surface area (Å²) in [7, 11) is 0. The zero-order valence-corrected chi connectivity index (χ0v) is 14.2. The summed E-state index contributed by atoms with van der Waals surface area (Å²) < 4.78 is 0. The summed E-state index contributed by atoms with van der Waals surface area (Å²) in [6.07, 6.45) is 2.76. The molecule has 1 aliphatic heterocycles. The highest BCUT2D eigenvalue weighted by atomic mass is 32.1. The zero-order chi connectivity index (χ0) is 15.9. The van der Waals surface area contributed by atoms with Gasteiger partial charge in [0.2, 0.25) is 11.8 Å². The van der Waals surface area contributed by atoms with E-state index in [2.05, 4.69) is 31.1 Å². The molecule has 1 aromatic heterocycles. The van der Waals surface area contributed by atoms with Gasteiger partial charge in [-0.3, -0.25) is 9.59 Å². The number of nitrogens with zero attached hydrogens (tertiary/aromatic N) is 2. The molecule has 120 valence electrons. The van der Waals surface area contributed by atoms with Crippen molar-refractivity contribution in [2.45, 2.75) is 45.4 Å². The molecule has 0 spiro atoms. The third-order valence-electron chi connectivity index (χ3n) is 4.26. The molecule has 2 amide bonds. The second-order valence-corrected chi connectivity index (χ2v) is 8.28. The summed E-state index contributed by atoms with van der Waals surface area (Å²) in [6, 6.07) is 0. The molecule has 2 heterocycles.